The van der Waals surface area contributed by atoms with Crippen LogP contribution < -0.4 is 0 Å². The van der Waals surface area contributed by atoms with Crippen molar-refractivity contribution in [1.82, 2.24) is 0 Å². The van der Waals surface area contributed by atoms with Gasteiger partial charge in [0.15, 0.2) is 6.10 Å². The van der Waals surface area contributed by atoms with E-state index in [0.29, 0.717) is 19.3 Å². The van der Waals surface area contributed by atoms with Gasteiger partial charge in [-0.3, -0.25) is 14.4 Å². The van der Waals surface area contributed by atoms with Crippen LogP contribution in [0.5, 0.6) is 0 Å². The highest BCUT2D eigenvalue weighted by molar-refractivity contribution is 5.71. The zero-order valence-corrected chi connectivity index (χ0v) is 44.6. The monoisotopic (exact) mass is 919 g/mol. The van der Waals surface area contributed by atoms with Gasteiger partial charge in [0.25, 0.3) is 0 Å². The van der Waals surface area contributed by atoms with Crippen molar-refractivity contribution in [3.05, 3.63) is 0 Å². The minimum atomic E-state index is -0.762. The Morgan fingerprint density at radius 3 is 0.754 bits per heavy atom. The Hall–Kier alpha value is -1.59. The number of carbonyl (C=O) groups is 3. The molecule has 0 heterocycles. The third-order valence-corrected chi connectivity index (χ3v) is 13.5. The summed E-state index contributed by atoms with van der Waals surface area (Å²) in [6, 6.07) is 0. The highest BCUT2D eigenvalue weighted by Gasteiger charge is 2.19. The predicted molar refractivity (Wildman–Crippen MR) is 280 cm³/mol. The molecule has 0 radical (unpaired) electrons. The van der Waals surface area contributed by atoms with Gasteiger partial charge >= 0.3 is 17.9 Å². The third-order valence-electron chi connectivity index (χ3n) is 13.5. The molecule has 0 aliphatic heterocycles. The molecule has 386 valence electrons. The van der Waals surface area contributed by atoms with Crippen LogP contribution in [0.4, 0.5) is 0 Å². The van der Waals surface area contributed by atoms with Gasteiger partial charge in [-0.25, -0.2) is 0 Å². The van der Waals surface area contributed by atoms with Gasteiger partial charge in [0, 0.05) is 19.3 Å². The van der Waals surface area contributed by atoms with Gasteiger partial charge in [0.2, 0.25) is 0 Å². The smallest absolute Gasteiger partial charge is 0.306 e. The number of hydrogen-bond acceptors (Lipinski definition) is 6. The Morgan fingerprint density at radius 1 is 0.292 bits per heavy atom. The number of rotatable bonds is 53. The summed E-state index contributed by atoms with van der Waals surface area (Å²) in [5, 5.41) is 0. The van der Waals surface area contributed by atoms with Crippen molar-refractivity contribution < 1.29 is 28.6 Å². The summed E-state index contributed by atoms with van der Waals surface area (Å²) < 4.78 is 16.9. The maximum Gasteiger partial charge on any atom is 0.306 e. The van der Waals surface area contributed by atoms with E-state index in [-0.39, 0.29) is 31.1 Å². The first-order valence-corrected chi connectivity index (χ1v) is 29.2. The van der Waals surface area contributed by atoms with Gasteiger partial charge in [0.1, 0.15) is 13.2 Å². The molecule has 0 aliphatic rings. The average molecular weight is 920 g/mol. The molecular weight excluding hydrogens is 805 g/mol. The molecule has 0 amide bonds. The van der Waals surface area contributed by atoms with Gasteiger partial charge in [-0.05, 0) is 31.1 Å². The molecule has 0 spiro atoms. The van der Waals surface area contributed by atoms with E-state index in [4.69, 9.17) is 14.2 Å². The minimum Gasteiger partial charge on any atom is -0.462 e. The number of unbranched alkanes of at least 4 members (excludes halogenated alkanes) is 38. The molecule has 6 heteroatoms. The number of esters is 3. The van der Waals surface area contributed by atoms with Crippen molar-refractivity contribution in [1.29, 1.82) is 0 Å². The zero-order chi connectivity index (χ0) is 47.5. The van der Waals surface area contributed by atoms with Crippen molar-refractivity contribution in [2.24, 2.45) is 11.8 Å². The van der Waals surface area contributed by atoms with Crippen molar-refractivity contribution in [3.8, 4) is 0 Å². The van der Waals surface area contributed by atoms with E-state index in [1.165, 1.54) is 218 Å². The lowest BCUT2D eigenvalue weighted by molar-refractivity contribution is -0.167. The average Bonchev–Trinajstić information content (AvgIpc) is 3.28. The molecule has 0 aromatic carbocycles. The molecule has 0 saturated heterocycles. The summed E-state index contributed by atoms with van der Waals surface area (Å²) in [6.45, 7) is 11.4. The first-order chi connectivity index (χ1) is 31.7. The standard InChI is InChI=1S/C59H114O6/c1-6-7-8-9-10-11-29-36-41-46-51-59(62)65-56(53-64-58(61)50-45-40-35-31-26-22-18-20-24-28-33-38-43-48-55(4)5)52-63-57(60)49-44-39-34-30-25-21-17-15-13-12-14-16-19-23-27-32-37-42-47-54(2)3/h54-56H,6-53H2,1-5H3/t56-/m0/s1. The summed E-state index contributed by atoms with van der Waals surface area (Å²) in [4.78, 5) is 38.1. The lowest BCUT2D eigenvalue weighted by Crippen LogP contribution is -2.30. The van der Waals surface area contributed by atoms with E-state index in [0.717, 1.165) is 69.6 Å². The molecule has 65 heavy (non-hydrogen) atoms. The Labute approximate surface area is 406 Å². The first-order valence-electron chi connectivity index (χ1n) is 29.2. The fraction of sp³-hybridized carbons (Fsp3) is 0.949. The first kappa shape index (κ1) is 63.4. The molecule has 0 N–H and O–H groups in total. The van der Waals surface area contributed by atoms with Gasteiger partial charge in [0.05, 0.1) is 0 Å². The van der Waals surface area contributed by atoms with Gasteiger partial charge in [-0.1, -0.05) is 291 Å². The molecule has 1 atom stereocenters. The Morgan fingerprint density at radius 2 is 0.508 bits per heavy atom. The van der Waals surface area contributed by atoms with E-state index in [2.05, 4.69) is 34.6 Å². The highest BCUT2D eigenvalue weighted by Crippen LogP contribution is 2.18. The highest BCUT2D eigenvalue weighted by atomic mass is 16.6. The molecule has 0 aliphatic carbocycles. The molecule has 0 rings (SSSR count). The lowest BCUT2D eigenvalue weighted by atomic mass is 10.0. The van der Waals surface area contributed by atoms with Crippen LogP contribution >= 0.6 is 0 Å². The van der Waals surface area contributed by atoms with Crippen LogP contribution in [0.1, 0.15) is 330 Å². The SMILES string of the molecule is CCCCCCCCCCCCC(=O)O[C@@H](COC(=O)CCCCCCCCCCCCCCCCCCCCC(C)C)COC(=O)CCCCCCCCCCCCCCCC(C)C. The van der Waals surface area contributed by atoms with Crippen molar-refractivity contribution in [2.45, 2.75) is 336 Å². The summed E-state index contributed by atoms with van der Waals surface area (Å²) >= 11 is 0. The van der Waals surface area contributed by atoms with Crippen LogP contribution in [0, 0.1) is 11.8 Å². The van der Waals surface area contributed by atoms with Crippen LogP contribution in [0.15, 0.2) is 0 Å². The van der Waals surface area contributed by atoms with Gasteiger partial charge in [-0.2, -0.15) is 0 Å². The summed E-state index contributed by atoms with van der Waals surface area (Å²) in [7, 11) is 0. The molecule has 0 unspecified atom stereocenters. The molecule has 0 bridgehead atoms. The van der Waals surface area contributed by atoms with E-state index in [1.807, 2.05) is 0 Å². The number of ether oxygens (including phenoxy) is 3. The summed E-state index contributed by atoms with van der Waals surface area (Å²) in [5.74, 6) is 0.858. The molecular formula is C59H114O6. The van der Waals surface area contributed by atoms with Gasteiger partial charge in [-0.15, -0.1) is 0 Å². The van der Waals surface area contributed by atoms with Crippen LogP contribution in [0.25, 0.3) is 0 Å². The minimum absolute atomic E-state index is 0.0626. The Kier molecular flexibility index (Phi) is 50.5. The van der Waals surface area contributed by atoms with Crippen LogP contribution in [-0.2, 0) is 28.6 Å². The second-order valence-electron chi connectivity index (χ2n) is 21.2. The van der Waals surface area contributed by atoms with E-state index < -0.39 is 6.10 Å². The van der Waals surface area contributed by atoms with Gasteiger partial charge < -0.3 is 14.2 Å². The maximum absolute atomic E-state index is 12.8. The largest absolute Gasteiger partial charge is 0.462 e. The molecule has 0 aromatic rings. The second kappa shape index (κ2) is 51.8. The van der Waals surface area contributed by atoms with Crippen LogP contribution in [0.2, 0.25) is 0 Å². The maximum atomic E-state index is 12.8. The molecule has 0 fully saturated rings. The molecule has 0 aromatic heterocycles. The molecule has 6 nitrogen and oxygen atoms in total. The van der Waals surface area contributed by atoms with Crippen LogP contribution in [-0.4, -0.2) is 37.2 Å². The van der Waals surface area contributed by atoms with Crippen molar-refractivity contribution >= 4 is 17.9 Å². The Bertz CT molecular complexity index is 993. The quantitative estimate of drug-likeness (QED) is 0.0344. The van der Waals surface area contributed by atoms with E-state index >= 15 is 0 Å². The topological polar surface area (TPSA) is 78.9 Å². The second-order valence-corrected chi connectivity index (χ2v) is 21.2. The number of hydrogen-bond donors (Lipinski definition) is 0. The Balaban J connectivity index is 4.18. The van der Waals surface area contributed by atoms with E-state index in [9.17, 15) is 14.4 Å². The fourth-order valence-electron chi connectivity index (χ4n) is 9.05. The van der Waals surface area contributed by atoms with E-state index in [1.54, 1.807) is 0 Å². The third kappa shape index (κ3) is 53.2. The van der Waals surface area contributed by atoms with Crippen LogP contribution in [0.3, 0.4) is 0 Å². The summed E-state index contributed by atoms with van der Waals surface area (Å²) in [5.41, 5.74) is 0. The fourth-order valence-corrected chi connectivity index (χ4v) is 9.05. The zero-order valence-electron chi connectivity index (χ0n) is 44.6. The molecule has 0 saturated carbocycles. The number of carbonyl (C=O) groups excluding carboxylic acids is 3. The van der Waals surface area contributed by atoms with Crippen molar-refractivity contribution in [2.75, 3.05) is 13.2 Å². The lowest BCUT2D eigenvalue weighted by Gasteiger charge is -2.18. The summed E-state index contributed by atoms with van der Waals surface area (Å²) in [6.07, 6.45) is 55.3. The van der Waals surface area contributed by atoms with Crippen molar-refractivity contribution in [3.63, 3.8) is 0 Å². The predicted octanol–water partition coefficient (Wildman–Crippen LogP) is 19.3. The normalized spacial score (nSPS) is 12.0.